The van der Waals surface area contributed by atoms with E-state index in [2.05, 4.69) is 41.2 Å². The van der Waals surface area contributed by atoms with Crippen LogP contribution in [0.1, 0.15) is 38.3 Å². The average molecular weight is 247 g/mol. The molecule has 0 aliphatic carbocycles. The monoisotopic (exact) mass is 247 g/mol. The van der Waals surface area contributed by atoms with E-state index in [4.69, 9.17) is 0 Å². The van der Waals surface area contributed by atoms with Crippen LogP contribution in [0.15, 0.2) is 24.5 Å². The molecule has 100 valence electrons. The number of pyridine rings is 1. The fourth-order valence-corrected chi connectivity index (χ4v) is 2.72. The number of hydrogen-bond acceptors (Lipinski definition) is 3. The largest absolute Gasteiger partial charge is 0.316 e. The molecule has 18 heavy (non-hydrogen) atoms. The van der Waals surface area contributed by atoms with Crippen LogP contribution in [0.5, 0.6) is 0 Å². The average Bonchev–Trinajstić information content (AvgIpc) is 2.88. The van der Waals surface area contributed by atoms with Gasteiger partial charge < -0.3 is 5.32 Å². The van der Waals surface area contributed by atoms with Gasteiger partial charge in [-0.15, -0.1) is 0 Å². The smallest absolute Gasteiger partial charge is 0.0321 e. The summed E-state index contributed by atoms with van der Waals surface area (Å²) in [5.41, 5.74) is 1.38. The zero-order valence-electron chi connectivity index (χ0n) is 11.6. The standard InChI is InChI=1S/C15H25N3/c1-3-7-17-11-14-6-10-18(12-14)13(2)15-4-8-16-9-5-15/h4-5,8-9,13-14,17H,3,6-7,10-12H2,1-2H3. The molecule has 2 atom stereocenters. The van der Waals surface area contributed by atoms with Crippen molar-refractivity contribution >= 4 is 0 Å². The van der Waals surface area contributed by atoms with Crippen LogP contribution in [0.3, 0.4) is 0 Å². The minimum absolute atomic E-state index is 0.518. The van der Waals surface area contributed by atoms with E-state index in [1.807, 2.05) is 12.4 Å². The Morgan fingerprint density at radius 2 is 2.22 bits per heavy atom. The highest BCUT2D eigenvalue weighted by Crippen LogP contribution is 2.26. The molecule has 1 N–H and O–H groups in total. The first-order chi connectivity index (χ1) is 8.81. The topological polar surface area (TPSA) is 28.2 Å². The summed E-state index contributed by atoms with van der Waals surface area (Å²) in [4.78, 5) is 6.68. The molecule has 0 spiro atoms. The van der Waals surface area contributed by atoms with Gasteiger partial charge in [0.05, 0.1) is 0 Å². The van der Waals surface area contributed by atoms with Crippen LogP contribution in [0.4, 0.5) is 0 Å². The Hall–Kier alpha value is -0.930. The molecule has 1 saturated heterocycles. The van der Waals surface area contributed by atoms with Crippen molar-refractivity contribution in [2.75, 3.05) is 26.2 Å². The van der Waals surface area contributed by atoms with Crippen LogP contribution in [-0.4, -0.2) is 36.1 Å². The van der Waals surface area contributed by atoms with Crippen LogP contribution >= 0.6 is 0 Å². The van der Waals surface area contributed by atoms with E-state index in [1.54, 1.807) is 0 Å². The normalized spacial score (nSPS) is 22.2. The van der Waals surface area contributed by atoms with Gasteiger partial charge in [-0.25, -0.2) is 0 Å². The summed E-state index contributed by atoms with van der Waals surface area (Å²) in [5.74, 6) is 0.820. The first-order valence-electron chi connectivity index (χ1n) is 7.16. The first-order valence-corrected chi connectivity index (χ1v) is 7.16. The highest BCUT2D eigenvalue weighted by atomic mass is 15.2. The van der Waals surface area contributed by atoms with E-state index in [9.17, 15) is 0 Å². The van der Waals surface area contributed by atoms with E-state index in [0.717, 1.165) is 12.5 Å². The molecule has 2 heterocycles. The summed E-state index contributed by atoms with van der Waals surface area (Å²) < 4.78 is 0. The third kappa shape index (κ3) is 3.53. The maximum atomic E-state index is 4.09. The van der Waals surface area contributed by atoms with Gasteiger partial charge in [0, 0.05) is 25.0 Å². The lowest BCUT2D eigenvalue weighted by atomic mass is 10.1. The van der Waals surface area contributed by atoms with E-state index in [1.165, 1.54) is 38.0 Å². The molecule has 1 fully saturated rings. The Morgan fingerprint density at radius 1 is 1.44 bits per heavy atom. The number of rotatable bonds is 6. The van der Waals surface area contributed by atoms with Crippen molar-refractivity contribution < 1.29 is 0 Å². The maximum absolute atomic E-state index is 4.09. The molecule has 1 aromatic heterocycles. The van der Waals surface area contributed by atoms with Gasteiger partial charge in [0.15, 0.2) is 0 Å². The van der Waals surface area contributed by atoms with E-state index in [-0.39, 0.29) is 0 Å². The number of nitrogens with one attached hydrogen (secondary N) is 1. The zero-order valence-corrected chi connectivity index (χ0v) is 11.6. The second-order valence-corrected chi connectivity index (χ2v) is 5.31. The van der Waals surface area contributed by atoms with Crippen LogP contribution in [0.25, 0.3) is 0 Å². The summed E-state index contributed by atoms with van der Waals surface area (Å²) >= 11 is 0. The fourth-order valence-electron chi connectivity index (χ4n) is 2.72. The van der Waals surface area contributed by atoms with Crippen molar-refractivity contribution in [3.63, 3.8) is 0 Å². The summed E-state index contributed by atoms with van der Waals surface area (Å²) in [6, 6.07) is 4.78. The maximum Gasteiger partial charge on any atom is 0.0321 e. The summed E-state index contributed by atoms with van der Waals surface area (Å²) in [7, 11) is 0. The molecule has 3 heteroatoms. The second kappa shape index (κ2) is 6.86. The Morgan fingerprint density at radius 3 is 2.94 bits per heavy atom. The Labute approximate surface area is 111 Å². The second-order valence-electron chi connectivity index (χ2n) is 5.31. The number of likely N-dealkylation sites (tertiary alicyclic amines) is 1. The molecular weight excluding hydrogens is 222 g/mol. The number of hydrogen-bond donors (Lipinski definition) is 1. The molecule has 2 rings (SSSR count). The van der Waals surface area contributed by atoms with Crippen molar-refractivity contribution in [3.8, 4) is 0 Å². The molecule has 1 aliphatic rings. The molecule has 1 aliphatic heterocycles. The molecule has 0 bridgehead atoms. The molecule has 0 saturated carbocycles. The third-order valence-corrected chi connectivity index (χ3v) is 3.91. The molecule has 0 aromatic carbocycles. The molecule has 3 nitrogen and oxygen atoms in total. The van der Waals surface area contributed by atoms with Crippen molar-refractivity contribution in [3.05, 3.63) is 30.1 Å². The van der Waals surface area contributed by atoms with Gasteiger partial charge in [0.1, 0.15) is 0 Å². The molecule has 1 aromatic rings. The summed E-state index contributed by atoms with van der Waals surface area (Å²) in [6.07, 6.45) is 6.33. The zero-order chi connectivity index (χ0) is 12.8. The summed E-state index contributed by atoms with van der Waals surface area (Å²) in [5, 5.41) is 3.54. The predicted octanol–water partition coefficient (Wildman–Crippen LogP) is 2.46. The van der Waals surface area contributed by atoms with Gasteiger partial charge in [-0.05, 0) is 63.0 Å². The fraction of sp³-hybridized carbons (Fsp3) is 0.667. The highest BCUT2D eigenvalue weighted by Gasteiger charge is 2.26. The lowest BCUT2D eigenvalue weighted by Gasteiger charge is -2.24. The Balaban J connectivity index is 1.81. The van der Waals surface area contributed by atoms with Crippen LogP contribution in [0.2, 0.25) is 0 Å². The molecule has 2 unspecified atom stereocenters. The van der Waals surface area contributed by atoms with Gasteiger partial charge in [-0.2, -0.15) is 0 Å². The van der Waals surface area contributed by atoms with Crippen molar-refractivity contribution in [1.29, 1.82) is 0 Å². The van der Waals surface area contributed by atoms with Gasteiger partial charge in [0.25, 0.3) is 0 Å². The van der Waals surface area contributed by atoms with Crippen LogP contribution in [-0.2, 0) is 0 Å². The van der Waals surface area contributed by atoms with Crippen molar-refractivity contribution in [1.82, 2.24) is 15.2 Å². The third-order valence-electron chi connectivity index (χ3n) is 3.91. The number of nitrogens with zero attached hydrogens (tertiary/aromatic N) is 2. The van der Waals surface area contributed by atoms with Crippen molar-refractivity contribution in [2.45, 2.75) is 32.7 Å². The number of aromatic nitrogens is 1. The quantitative estimate of drug-likeness (QED) is 0.783. The van der Waals surface area contributed by atoms with E-state index >= 15 is 0 Å². The van der Waals surface area contributed by atoms with E-state index < -0.39 is 0 Å². The molecule has 0 radical (unpaired) electrons. The van der Waals surface area contributed by atoms with Crippen molar-refractivity contribution in [2.24, 2.45) is 5.92 Å². The lowest BCUT2D eigenvalue weighted by molar-refractivity contribution is 0.251. The Kier molecular flexibility index (Phi) is 5.14. The molecular formula is C15H25N3. The van der Waals surface area contributed by atoms with Crippen LogP contribution < -0.4 is 5.32 Å². The van der Waals surface area contributed by atoms with Gasteiger partial charge in [0.2, 0.25) is 0 Å². The minimum Gasteiger partial charge on any atom is -0.316 e. The van der Waals surface area contributed by atoms with E-state index in [0.29, 0.717) is 6.04 Å². The SMILES string of the molecule is CCCNCC1CCN(C(C)c2ccncc2)C1. The van der Waals surface area contributed by atoms with Gasteiger partial charge in [-0.3, -0.25) is 9.88 Å². The lowest BCUT2D eigenvalue weighted by Crippen LogP contribution is -2.28. The molecule has 0 amide bonds. The van der Waals surface area contributed by atoms with Gasteiger partial charge >= 0.3 is 0 Å². The van der Waals surface area contributed by atoms with Gasteiger partial charge in [-0.1, -0.05) is 6.92 Å². The highest BCUT2D eigenvalue weighted by molar-refractivity contribution is 5.14. The van der Waals surface area contributed by atoms with Crippen LogP contribution in [0, 0.1) is 5.92 Å². The summed E-state index contributed by atoms with van der Waals surface area (Å²) in [6.45, 7) is 9.29. The first kappa shape index (κ1) is 13.5. The Bertz CT molecular complexity index is 339. The predicted molar refractivity (Wildman–Crippen MR) is 75.5 cm³/mol. The minimum atomic E-state index is 0.518.